The fourth-order valence-corrected chi connectivity index (χ4v) is 2.22. The van der Waals surface area contributed by atoms with Gasteiger partial charge < -0.3 is 9.84 Å². The molecule has 0 atom stereocenters. The zero-order chi connectivity index (χ0) is 14.4. The molecule has 1 N–H and O–H groups in total. The molecule has 104 valence electrons. The highest BCUT2D eigenvalue weighted by Gasteiger charge is 2.03. The molecule has 0 aliphatic rings. The minimum absolute atomic E-state index is 0.187. The quantitative estimate of drug-likeness (QED) is 0.652. The number of hydrogen-bond donors (Lipinski definition) is 1. The molecule has 4 nitrogen and oxygen atoms in total. The zero-order valence-corrected chi connectivity index (χ0v) is 12.0. The molecule has 0 unspecified atom stereocenters. The Morgan fingerprint density at radius 1 is 1.25 bits per heavy atom. The smallest absolute Gasteiger partial charge is 0.337 e. The topological polar surface area (TPSA) is 59.4 Å². The third-order valence-electron chi connectivity index (χ3n) is 2.40. The van der Waals surface area contributed by atoms with Crippen LogP contribution in [0.4, 0.5) is 0 Å². The molecule has 0 amide bonds. The Hall–Kier alpha value is -1.72. The summed E-state index contributed by atoms with van der Waals surface area (Å²) in [6.45, 7) is 0.536. The van der Waals surface area contributed by atoms with E-state index in [9.17, 15) is 4.79 Å². The summed E-state index contributed by atoms with van der Waals surface area (Å²) in [7, 11) is 0. The lowest BCUT2D eigenvalue weighted by Crippen LogP contribution is -2.01. The lowest BCUT2D eigenvalue weighted by molar-refractivity contribution is 0.0696. The number of carboxylic acid groups (broad SMARTS) is 1. The normalized spacial score (nSPS) is 10.2. The largest absolute Gasteiger partial charge is 0.493 e. The fourth-order valence-electron chi connectivity index (χ4n) is 1.43. The van der Waals surface area contributed by atoms with E-state index in [-0.39, 0.29) is 5.56 Å². The summed E-state index contributed by atoms with van der Waals surface area (Å²) in [5, 5.41) is 10.2. The Morgan fingerprint density at radius 2 is 2.00 bits per heavy atom. The Morgan fingerprint density at radius 3 is 2.60 bits per heavy atom. The number of pyridine rings is 1. The highest BCUT2D eigenvalue weighted by Crippen LogP contribution is 2.18. The lowest BCUT2D eigenvalue weighted by atomic mass is 10.3. The highest BCUT2D eigenvalue weighted by atomic mass is 35.5. The number of aromatic nitrogens is 1. The number of hydrogen-bond acceptors (Lipinski definition) is 4. The van der Waals surface area contributed by atoms with Crippen molar-refractivity contribution in [3.05, 3.63) is 53.2 Å². The molecule has 0 spiro atoms. The van der Waals surface area contributed by atoms with Crippen molar-refractivity contribution in [3.63, 3.8) is 0 Å². The number of benzene rings is 1. The van der Waals surface area contributed by atoms with E-state index in [2.05, 4.69) is 4.98 Å². The number of carboxylic acids is 1. The third kappa shape index (κ3) is 4.43. The monoisotopic (exact) mass is 309 g/mol. The first kappa shape index (κ1) is 14.7. The average Bonchev–Trinajstić information content (AvgIpc) is 2.46. The van der Waals surface area contributed by atoms with E-state index in [0.717, 1.165) is 16.5 Å². The number of nitrogens with zero attached hydrogens (tertiary/aromatic N) is 1. The first-order valence-electron chi connectivity index (χ1n) is 5.85. The molecule has 2 rings (SSSR count). The van der Waals surface area contributed by atoms with Crippen LogP contribution in [0.2, 0.25) is 5.02 Å². The Kier molecular flexibility index (Phi) is 5.26. The molecule has 20 heavy (non-hydrogen) atoms. The summed E-state index contributed by atoms with van der Waals surface area (Å²) in [6.07, 6.45) is 1.35. The maximum absolute atomic E-state index is 10.7. The Bertz CT molecular complexity index is 572. The van der Waals surface area contributed by atoms with Gasteiger partial charge in [0.2, 0.25) is 0 Å². The summed E-state index contributed by atoms with van der Waals surface area (Å²) in [5.74, 6) is 0.520. The molecule has 0 radical (unpaired) electrons. The second-order valence-corrected chi connectivity index (χ2v) is 5.39. The van der Waals surface area contributed by atoms with Crippen LogP contribution in [0.3, 0.4) is 0 Å². The minimum Gasteiger partial charge on any atom is -0.493 e. The van der Waals surface area contributed by atoms with Gasteiger partial charge in [-0.2, -0.15) is 0 Å². The molecule has 2 aromatic rings. The van der Waals surface area contributed by atoms with Crippen LogP contribution in [0.25, 0.3) is 0 Å². The molecule has 1 aromatic heterocycles. The fraction of sp³-hybridized carbons (Fsp3) is 0.143. The molecule has 1 heterocycles. The molecule has 0 saturated heterocycles. The third-order valence-corrected chi connectivity index (χ3v) is 3.56. The standard InChI is InChI=1S/C14H12ClNO3S/c15-11-2-4-12(5-3-11)19-7-8-20-13-6-1-10(9-16-13)14(17)18/h1-6,9H,7-8H2,(H,17,18). The molecule has 0 aliphatic heterocycles. The SMILES string of the molecule is O=C(O)c1ccc(SCCOc2ccc(Cl)cc2)nc1. The lowest BCUT2D eigenvalue weighted by Gasteiger charge is -2.05. The number of carbonyl (C=O) groups is 1. The second-order valence-electron chi connectivity index (χ2n) is 3.84. The van der Waals surface area contributed by atoms with Crippen molar-refractivity contribution in [2.45, 2.75) is 5.03 Å². The Labute approximate surface area is 125 Å². The average molecular weight is 310 g/mol. The molecular weight excluding hydrogens is 298 g/mol. The van der Waals surface area contributed by atoms with E-state index in [1.165, 1.54) is 24.0 Å². The van der Waals surface area contributed by atoms with Crippen molar-refractivity contribution in [1.82, 2.24) is 4.98 Å². The van der Waals surface area contributed by atoms with Gasteiger partial charge in [0.15, 0.2) is 0 Å². The van der Waals surface area contributed by atoms with Gasteiger partial charge in [-0.1, -0.05) is 11.6 Å². The first-order chi connectivity index (χ1) is 9.65. The molecule has 6 heteroatoms. The van der Waals surface area contributed by atoms with Crippen LogP contribution < -0.4 is 4.74 Å². The molecule has 0 aliphatic carbocycles. The van der Waals surface area contributed by atoms with Gasteiger partial charge in [-0.15, -0.1) is 11.8 Å². The summed E-state index contributed by atoms with van der Waals surface area (Å²) >= 11 is 7.29. The number of ether oxygens (including phenoxy) is 1. The predicted molar refractivity (Wildman–Crippen MR) is 78.9 cm³/mol. The number of thioether (sulfide) groups is 1. The van der Waals surface area contributed by atoms with Crippen LogP contribution in [0, 0.1) is 0 Å². The highest BCUT2D eigenvalue weighted by molar-refractivity contribution is 7.99. The number of aromatic carboxylic acids is 1. The van der Waals surface area contributed by atoms with Gasteiger partial charge in [0.05, 0.1) is 17.2 Å². The van der Waals surface area contributed by atoms with Crippen molar-refractivity contribution in [2.75, 3.05) is 12.4 Å². The van der Waals surface area contributed by atoms with Gasteiger partial charge in [0.1, 0.15) is 5.75 Å². The van der Waals surface area contributed by atoms with Crippen molar-refractivity contribution >= 4 is 29.3 Å². The van der Waals surface area contributed by atoms with E-state index in [4.69, 9.17) is 21.4 Å². The number of rotatable bonds is 6. The number of halogens is 1. The van der Waals surface area contributed by atoms with Gasteiger partial charge in [-0.05, 0) is 36.4 Å². The summed E-state index contributed by atoms with van der Waals surface area (Å²) < 4.78 is 5.54. The van der Waals surface area contributed by atoms with Gasteiger partial charge in [-0.3, -0.25) is 0 Å². The predicted octanol–water partition coefficient (Wildman–Crippen LogP) is 3.60. The van der Waals surface area contributed by atoms with Crippen molar-refractivity contribution in [2.24, 2.45) is 0 Å². The molecule has 0 bridgehead atoms. The van der Waals surface area contributed by atoms with Crippen molar-refractivity contribution in [3.8, 4) is 5.75 Å². The maximum atomic E-state index is 10.7. The van der Waals surface area contributed by atoms with Gasteiger partial charge in [0, 0.05) is 17.0 Å². The van der Waals surface area contributed by atoms with Gasteiger partial charge in [0.25, 0.3) is 0 Å². The Balaban J connectivity index is 1.75. The molecule has 0 fully saturated rings. The van der Waals surface area contributed by atoms with Crippen LogP contribution in [0.1, 0.15) is 10.4 Å². The van der Waals surface area contributed by atoms with Crippen LogP contribution in [0.15, 0.2) is 47.6 Å². The van der Waals surface area contributed by atoms with Crippen LogP contribution >= 0.6 is 23.4 Å². The van der Waals surface area contributed by atoms with Crippen LogP contribution in [-0.2, 0) is 0 Å². The van der Waals surface area contributed by atoms with Gasteiger partial charge >= 0.3 is 5.97 Å². The summed E-state index contributed by atoms with van der Waals surface area (Å²) in [6, 6.07) is 10.4. The van der Waals surface area contributed by atoms with E-state index < -0.39 is 5.97 Å². The van der Waals surface area contributed by atoms with E-state index >= 15 is 0 Å². The van der Waals surface area contributed by atoms with E-state index in [1.54, 1.807) is 18.2 Å². The molecular formula is C14H12ClNO3S. The van der Waals surface area contributed by atoms with Crippen LogP contribution in [-0.4, -0.2) is 28.4 Å². The second kappa shape index (κ2) is 7.17. The van der Waals surface area contributed by atoms with Crippen molar-refractivity contribution in [1.29, 1.82) is 0 Å². The van der Waals surface area contributed by atoms with Crippen molar-refractivity contribution < 1.29 is 14.6 Å². The first-order valence-corrected chi connectivity index (χ1v) is 7.22. The minimum atomic E-state index is -0.972. The summed E-state index contributed by atoms with van der Waals surface area (Å²) in [4.78, 5) is 14.7. The maximum Gasteiger partial charge on any atom is 0.337 e. The van der Waals surface area contributed by atoms with Crippen LogP contribution in [0.5, 0.6) is 5.75 Å². The van der Waals surface area contributed by atoms with Gasteiger partial charge in [-0.25, -0.2) is 9.78 Å². The molecule has 0 saturated carbocycles. The van der Waals surface area contributed by atoms with E-state index in [1.807, 2.05) is 12.1 Å². The van der Waals surface area contributed by atoms with E-state index in [0.29, 0.717) is 11.6 Å². The zero-order valence-electron chi connectivity index (χ0n) is 10.5. The molecule has 1 aromatic carbocycles. The summed E-state index contributed by atoms with van der Waals surface area (Å²) in [5.41, 5.74) is 0.187.